The highest BCUT2D eigenvalue weighted by Gasteiger charge is 2.28. The minimum atomic E-state index is -0.0321. The first-order valence-electron chi connectivity index (χ1n) is 6.89. The van der Waals surface area contributed by atoms with Crippen LogP contribution in [0.1, 0.15) is 26.2 Å². The molecule has 1 amide bonds. The van der Waals surface area contributed by atoms with Crippen molar-refractivity contribution < 1.29 is 9.53 Å². The van der Waals surface area contributed by atoms with Crippen LogP contribution in [0.4, 0.5) is 0 Å². The van der Waals surface area contributed by atoms with Gasteiger partial charge in [-0.3, -0.25) is 9.69 Å². The average Bonchev–Trinajstić information content (AvgIpc) is 2.82. The van der Waals surface area contributed by atoms with E-state index in [1.807, 2.05) is 6.92 Å². The Morgan fingerprint density at radius 1 is 1.61 bits per heavy atom. The van der Waals surface area contributed by atoms with Crippen molar-refractivity contribution >= 4 is 5.91 Å². The van der Waals surface area contributed by atoms with E-state index in [-0.39, 0.29) is 11.9 Å². The molecule has 3 N–H and O–H groups in total. The summed E-state index contributed by atoms with van der Waals surface area (Å²) in [5, 5.41) is 2.96. The highest BCUT2D eigenvalue weighted by atomic mass is 16.5. The molecule has 1 fully saturated rings. The first-order valence-corrected chi connectivity index (χ1v) is 6.89. The van der Waals surface area contributed by atoms with Gasteiger partial charge in [-0.25, -0.2) is 0 Å². The molecule has 0 spiro atoms. The van der Waals surface area contributed by atoms with Crippen molar-refractivity contribution in [1.29, 1.82) is 0 Å². The van der Waals surface area contributed by atoms with E-state index in [9.17, 15) is 4.79 Å². The highest BCUT2D eigenvalue weighted by Crippen LogP contribution is 2.20. The minimum Gasteiger partial charge on any atom is -0.385 e. The highest BCUT2D eigenvalue weighted by molar-refractivity contribution is 5.81. The molecule has 0 saturated carbocycles. The van der Waals surface area contributed by atoms with Crippen molar-refractivity contribution in [1.82, 2.24) is 10.2 Å². The Labute approximate surface area is 110 Å². The number of likely N-dealkylation sites (tertiary alicyclic amines) is 1. The molecule has 0 radical (unpaired) electrons. The topological polar surface area (TPSA) is 67.6 Å². The zero-order valence-corrected chi connectivity index (χ0v) is 11.7. The number of nitrogens with one attached hydrogen (secondary N) is 1. The lowest BCUT2D eigenvalue weighted by molar-refractivity contribution is -0.125. The molecular formula is C13H27N3O2. The fourth-order valence-corrected chi connectivity index (χ4v) is 2.43. The summed E-state index contributed by atoms with van der Waals surface area (Å²) in [6, 6.07) is -0.0321. The summed E-state index contributed by atoms with van der Waals surface area (Å²) in [4.78, 5) is 14.2. The standard InChI is InChI=1S/C13H27N3O2/c1-11(13(17)15-7-3-9-18-2)16-8-5-12(10-16)4-6-14/h11-12H,3-10,14H2,1-2H3,(H,15,17). The predicted octanol–water partition coefficient (Wildman–Crippen LogP) is 0.198. The zero-order chi connectivity index (χ0) is 13.4. The maximum Gasteiger partial charge on any atom is 0.237 e. The lowest BCUT2D eigenvalue weighted by Crippen LogP contribution is -2.44. The van der Waals surface area contributed by atoms with Crippen LogP contribution in [0.5, 0.6) is 0 Å². The van der Waals surface area contributed by atoms with Gasteiger partial charge in [0, 0.05) is 26.8 Å². The van der Waals surface area contributed by atoms with Crippen LogP contribution in [0.3, 0.4) is 0 Å². The van der Waals surface area contributed by atoms with E-state index in [0.29, 0.717) is 19.1 Å². The van der Waals surface area contributed by atoms with Crippen LogP contribution < -0.4 is 11.1 Å². The van der Waals surface area contributed by atoms with Crippen molar-refractivity contribution in [3.63, 3.8) is 0 Å². The third-order valence-corrected chi connectivity index (χ3v) is 3.64. The lowest BCUT2D eigenvalue weighted by atomic mass is 10.1. The second kappa shape index (κ2) is 8.45. The number of carbonyl (C=O) groups excluding carboxylic acids is 1. The van der Waals surface area contributed by atoms with Crippen LogP contribution in [0.25, 0.3) is 0 Å². The van der Waals surface area contributed by atoms with Crippen LogP contribution in [-0.2, 0) is 9.53 Å². The molecule has 1 aliphatic rings. The van der Waals surface area contributed by atoms with Gasteiger partial charge in [0.2, 0.25) is 5.91 Å². The number of nitrogens with two attached hydrogens (primary N) is 1. The molecular weight excluding hydrogens is 230 g/mol. The third kappa shape index (κ3) is 4.92. The van der Waals surface area contributed by atoms with Crippen LogP contribution in [0.15, 0.2) is 0 Å². The number of rotatable bonds is 8. The number of hydrogen-bond acceptors (Lipinski definition) is 4. The van der Waals surface area contributed by atoms with Crippen molar-refractivity contribution in [2.75, 3.05) is 39.9 Å². The van der Waals surface area contributed by atoms with Crippen molar-refractivity contribution in [2.45, 2.75) is 32.2 Å². The molecule has 1 heterocycles. The molecule has 2 unspecified atom stereocenters. The Hall–Kier alpha value is -0.650. The smallest absolute Gasteiger partial charge is 0.237 e. The van der Waals surface area contributed by atoms with Gasteiger partial charge >= 0.3 is 0 Å². The molecule has 1 rings (SSSR count). The van der Waals surface area contributed by atoms with Crippen molar-refractivity contribution in [3.8, 4) is 0 Å². The summed E-state index contributed by atoms with van der Waals surface area (Å²) in [6.07, 6.45) is 3.10. The molecule has 0 aromatic carbocycles. The summed E-state index contributed by atoms with van der Waals surface area (Å²) < 4.78 is 4.95. The molecule has 0 aromatic heterocycles. The van der Waals surface area contributed by atoms with E-state index in [1.54, 1.807) is 7.11 Å². The van der Waals surface area contributed by atoms with Gasteiger partial charge in [0.1, 0.15) is 0 Å². The number of hydrogen-bond donors (Lipinski definition) is 2. The molecule has 0 aliphatic carbocycles. The summed E-state index contributed by atoms with van der Waals surface area (Å²) in [5.41, 5.74) is 5.57. The maximum atomic E-state index is 11.9. The van der Waals surface area contributed by atoms with E-state index in [1.165, 1.54) is 6.42 Å². The Morgan fingerprint density at radius 3 is 3.06 bits per heavy atom. The van der Waals surface area contributed by atoms with Crippen molar-refractivity contribution in [2.24, 2.45) is 11.7 Å². The van der Waals surface area contributed by atoms with E-state index >= 15 is 0 Å². The Balaban J connectivity index is 2.22. The molecule has 18 heavy (non-hydrogen) atoms. The van der Waals surface area contributed by atoms with Gasteiger partial charge in [-0.1, -0.05) is 0 Å². The number of methoxy groups -OCH3 is 1. The average molecular weight is 257 g/mol. The van der Waals surface area contributed by atoms with Gasteiger partial charge in [0.05, 0.1) is 6.04 Å². The van der Waals surface area contributed by atoms with Gasteiger partial charge in [-0.15, -0.1) is 0 Å². The molecule has 1 saturated heterocycles. The van der Waals surface area contributed by atoms with E-state index in [4.69, 9.17) is 10.5 Å². The summed E-state index contributed by atoms with van der Waals surface area (Å²) in [7, 11) is 1.67. The fourth-order valence-electron chi connectivity index (χ4n) is 2.43. The van der Waals surface area contributed by atoms with Crippen LogP contribution in [0, 0.1) is 5.92 Å². The second-order valence-electron chi connectivity index (χ2n) is 5.04. The monoisotopic (exact) mass is 257 g/mol. The minimum absolute atomic E-state index is 0.0321. The first-order chi connectivity index (χ1) is 8.69. The SMILES string of the molecule is COCCCNC(=O)C(C)N1CCC(CCN)C1. The lowest BCUT2D eigenvalue weighted by Gasteiger charge is -2.23. The summed E-state index contributed by atoms with van der Waals surface area (Å²) in [5.74, 6) is 0.790. The van der Waals surface area contributed by atoms with Crippen LogP contribution >= 0.6 is 0 Å². The van der Waals surface area contributed by atoms with Gasteiger partial charge in [0.15, 0.2) is 0 Å². The number of ether oxygens (including phenoxy) is 1. The van der Waals surface area contributed by atoms with Crippen LogP contribution in [-0.4, -0.2) is 56.7 Å². The molecule has 0 bridgehead atoms. The van der Waals surface area contributed by atoms with E-state index in [0.717, 1.165) is 32.5 Å². The van der Waals surface area contributed by atoms with Gasteiger partial charge in [0.25, 0.3) is 0 Å². The molecule has 0 aromatic rings. The normalized spacial score (nSPS) is 22.1. The van der Waals surface area contributed by atoms with Gasteiger partial charge in [-0.05, 0) is 45.2 Å². The molecule has 1 aliphatic heterocycles. The van der Waals surface area contributed by atoms with E-state index < -0.39 is 0 Å². The number of nitrogens with zero attached hydrogens (tertiary/aromatic N) is 1. The quantitative estimate of drug-likeness (QED) is 0.610. The van der Waals surface area contributed by atoms with Gasteiger partial charge < -0.3 is 15.8 Å². The van der Waals surface area contributed by atoms with Gasteiger partial charge in [-0.2, -0.15) is 0 Å². The zero-order valence-electron chi connectivity index (χ0n) is 11.7. The number of carbonyl (C=O) groups is 1. The predicted molar refractivity (Wildman–Crippen MR) is 72.3 cm³/mol. The molecule has 106 valence electrons. The third-order valence-electron chi connectivity index (χ3n) is 3.64. The molecule has 5 heteroatoms. The first kappa shape index (κ1) is 15.4. The Bertz CT molecular complexity index is 248. The Morgan fingerprint density at radius 2 is 2.39 bits per heavy atom. The van der Waals surface area contributed by atoms with Crippen molar-refractivity contribution in [3.05, 3.63) is 0 Å². The largest absolute Gasteiger partial charge is 0.385 e. The van der Waals surface area contributed by atoms with E-state index in [2.05, 4.69) is 10.2 Å². The number of amides is 1. The maximum absolute atomic E-state index is 11.9. The fraction of sp³-hybridized carbons (Fsp3) is 0.923. The summed E-state index contributed by atoms with van der Waals surface area (Å²) in [6.45, 7) is 6.13. The Kier molecular flexibility index (Phi) is 7.23. The van der Waals surface area contributed by atoms with Crippen LogP contribution in [0.2, 0.25) is 0 Å². The summed E-state index contributed by atoms with van der Waals surface area (Å²) >= 11 is 0. The molecule has 5 nitrogen and oxygen atoms in total. The molecule has 2 atom stereocenters. The second-order valence-corrected chi connectivity index (χ2v) is 5.04.